The summed E-state index contributed by atoms with van der Waals surface area (Å²) in [5.41, 5.74) is 2.28. The predicted molar refractivity (Wildman–Crippen MR) is 115 cm³/mol. The van der Waals surface area contributed by atoms with Gasteiger partial charge in [-0.05, 0) is 47.9 Å². The molecule has 1 aliphatic heterocycles. The molecule has 4 rings (SSSR count). The zero-order valence-corrected chi connectivity index (χ0v) is 17.0. The monoisotopic (exact) mass is 433 g/mol. The van der Waals surface area contributed by atoms with Crippen molar-refractivity contribution in [1.29, 1.82) is 0 Å². The Morgan fingerprint density at radius 3 is 2.50 bits per heavy atom. The van der Waals surface area contributed by atoms with E-state index in [1.54, 1.807) is 29.2 Å². The number of carbonyl (C=O) groups is 3. The van der Waals surface area contributed by atoms with Crippen molar-refractivity contribution in [3.05, 3.63) is 94.9 Å². The first-order valence-electron chi connectivity index (χ1n) is 10.1. The van der Waals surface area contributed by atoms with Crippen LogP contribution in [0.3, 0.4) is 0 Å². The molecule has 0 bridgehead atoms. The summed E-state index contributed by atoms with van der Waals surface area (Å²) in [6.07, 6.45) is 1.70. The fourth-order valence-electron chi connectivity index (χ4n) is 3.79. The van der Waals surface area contributed by atoms with Crippen LogP contribution in [-0.4, -0.2) is 32.8 Å². The molecule has 1 atom stereocenters. The number of benzene rings is 2. The number of hydrogen-bond donors (Lipinski definition) is 2. The number of aromatic nitrogens is 1. The summed E-state index contributed by atoms with van der Waals surface area (Å²) in [6, 6.07) is 15.8. The molecule has 1 aromatic heterocycles. The number of hydrogen-bond acceptors (Lipinski definition) is 4. The SMILES string of the molecule is O=C(CCC1c2ccccc2C(=O)N1Cc1ccc(F)cc1)Nc1ccc(C(=O)O)cn1. The Bertz CT molecular complexity index is 1160. The predicted octanol–water partition coefficient (Wildman–Crippen LogP) is 4.03. The van der Waals surface area contributed by atoms with Gasteiger partial charge >= 0.3 is 5.97 Å². The maximum absolute atomic E-state index is 13.3. The number of fused-ring (bicyclic) bond motifs is 1. The number of nitrogens with zero attached hydrogens (tertiary/aromatic N) is 2. The Kier molecular flexibility index (Phi) is 5.93. The maximum Gasteiger partial charge on any atom is 0.337 e. The minimum absolute atomic E-state index is 0.0282. The molecule has 8 heteroatoms. The van der Waals surface area contributed by atoms with Gasteiger partial charge in [-0.3, -0.25) is 9.59 Å². The lowest BCUT2D eigenvalue weighted by atomic mass is 10.0. The molecule has 0 spiro atoms. The summed E-state index contributed by atoms with van der Waals surface area (Å²) >= 11 is 0. The van der Waals surface area contributed by atoms with Gasteiger partial charge < -0.3 is 15.3 Å². The number of nitrogens with one attached hydrogen (secondary N) is 1. The van der Waals surface area contributed by atoms with Crippen LogP contribution >= 0.6 is 0 Å². The first kappa shape index (κ1) is 21.2. The van der Waals surface area contributed by atoms with Crippen LogP contribution in [0, 0.1) is 5.82 Å². The Morgan fingerprint density at radius 1 is 1.06 bits per heavy atom. The van der Waals surface area contributed by atoms with Crippen molar-refractivity contribution < 1.29 is 23.9 Å². The molecule has 2 amide bonds. The van der Waals surface area contributed by atoms with E-state index in [4.69, 9.17) is 5.11 Å². The molecular weight excluding hydrogens is 413 g/mol. The van der Waals surface area contributed by atoms with Gasteiger partial charge in [-0.15, -0.1) is 0 Å². The second-order valence-electron chi connectivity index (χ2n) is 7.49. The number of rotatable bonds is 7. The van der Waals surface area contributed by atoms with Crippen molar-refractivity contribution in [3.8, 4) is 0 Å². The Hall–Kier alpha value is -4.07. The highest BCUT2D eigenvalue weighted by Gasteiger charge is 2.36. The molecule has 32 heavy (non-hydrogen) atoms. The van der Waals surface area contributed by atoms with E-state index in [1.165, 1.54) is 30.5 Å². The molecule has 3 aromatic rings. The number of amides is 2. The number of anilines is 1. The van der Waals surface area contributed by atoms with E-state index in [2.05, 4.69) is 10.3 Å². The number of carboxylic acid groups (broad SMARTS) is 1. The van der Waals surface area contributed by atoms with Gasteiger partial charge in [-0.25, -0.2) is 14.2 Å². The average Bonchev–Trinajstić information content (AvgIpc) is 3.05. The van der Waals surface area contributed by atoms with Crippen LogP contribution < -0.4 is 5.32 Å². The molecule has 2 N–H and O–H groups in total. The summed E-state index contributed by atoms with van der Waals surface area (Å²) in [4.78, 5) is 42.0. The molecule has 0 saturated heterocycles. The molecule has 0 fully saturated rings. The summed E-state index contributed by atoms with van der Waals surface area (Å²) in [5, 5.41) is 11.6. The standard InChI is InChI=1S/C24H20FN3O4/c25-17-8-5-15(6-9-17)14-28-20(18-3-1-2-4-19(18)23(28)30)10-12-22(29)27-21-11-7-16(13-26-21)24(31)32/h1-9,11,13,20H,10,12,14H2,(H,31,32)(H,26,27,29). The summed E-state index contributed by atoms with van der Waals surface area (Å²) < 4.78 is 13.3. The minimum atomic E-state index is -1.10. The third-order valence-corrected chi connectivity index (χ3v) is 5.38. The van der Waals surface area contributed by atoms with E-state index in [1.807, 2.05) is 12.1 Å². The quantitative estimate of drug-likeness (QED) is 0.586. The van der Waals surface area contributed by atoms with Crippen molar-refractivity contribution in [2.45, 2.75) is 25.4 Å². The Balaban J connectivity index is 1.46. The third-order valence-electron chi connectivity index (χ3n) is 5.38. The van der Waals surface area contributed by atoms with E-state index in [9.17, 15) is 18.8 Å². The second kappa shape index (κ2) is 8.97. The van der Waals surface area contributed by atoms with Crippen LogP contribution in [0.25, 0.3) is 0 Å². The zero-order chi connectivity index (χ0) is 22.7. The highest BCUT2D eigenvalue weighted by Crippen LogP contribution is 2.37. The maximum atomic E-state index is 13.3. The largest absolute Gasteiger partial charge is 0.478 e. The van der Waals surface area contributed by atoms with Crippen LogP contribution in [0.15, 0.2) is 66.9 Å². The van der Waals surface area contributed by atoms with E-state index in [-0.39, 0.29) is 41.5 Å². The van der Waals surface area contributed by atoms with Crippen LogP contribution in [0.2, 0.25) is 0 Å². The van der Waals surface area contributed by atoms with Gasteiger partial charge in [0.2, 0.25) is 5.91 Å². The average molecular weight is 433 g/mol. The molecule has 2 heterocycles. The van der Waals surface area contributed by atoms with Gasteiger partial charge in [-0.2, -0.15) is 0 Å². The fraction of sp³-hybridized carbons (Fsp3) is 0.167. The highest BCUT2D eigenvalue weighted by molar-refractivity contribution is 5.99. The van der Waals surface area contributed by atoms with Crippen LogP contribution in [-0.2, 0) is 11.3 Å². The first-order valence-corrected chi connectivity index (χ1v) is 10.1. The van der Waals surface area contributed by atoms with Crippen LogP contribution in [0.1, 0.15) is 50.7 Å². The van der Waals surface area contributed by atoms with Gasteiger partial charge in [0, 0.05) is 24.7 Å². The van der Waals surface area contributed by atoms with E-state index >= 15 is 0 Å². The molecule has 162 valence electrons. The minimum Gasteiger partial charge on any atom is -0.478 e. The lowest BCUT2D eigenvalue weighted by molar-refractivity contribution is -0.116. The van der Waals surface area contributed by atoms with Gasteiger partial charge in [0.1, 0.15) is 11.6 Å². The normalized spacial score (nSPS) is 14.8. The van der Waals surface area contributed by atoms with Crippen molar-refractivity contribution in [3.63, 3.8) is 0 Å². The van der Waals surface area contributed by atoms with E-state index < -0.39 is 5.97 Å². The van der Waals surface area contributed by atoms with Crippen molar-refractivity contribution >= 4 is 23.6 Å². The van der Waals surface area contributed by atoms with Gasteiger partial charge in [0.25, 0.3) is 5.91 Å². The zero-order valence-electron chi connectivity index (χ0n) is 17.0. The summed E-state index contributed by atoms with van der Waals surface area (Å²) in [6.45, 7) is 0.304. The number of carboxylic acids is 1. The molecule has 0 radical (unpaired) electrons. The number of carbonyl (C=O) groups excluding carboxylic acids is 2. The molecule has 0 saturated carbocycles. The van der Waals surface area contributed by atoms with Gasteiger partial charge in [-0.1, -0.05) is 30.3 Å². The summed E-state index contributed by atoms with van der Waals surface area (Å²) in [7, 11) is 0. The topological polar surface area (TPSA) is 99.6 Å². The molecular formula is C24H20FN3O4. The molecule has 7 nitrogen and oxygen atoms in total. The van der Waals surface area contributed by atoms with Gasteiger partial charge in [0.05, 0.1) is 11.6 Å². The molecule has 1 unspecified atom stereocenters. The number of pyridine rings is 1. The van der Waals surface area contributed by atoms with E-state index in [0.29, 0.717) is 18.5 Å². The molecule has 1 aliphatic rings. The van der Waals surface area contributed by atoms with Crippen molar-refractivity contribution in [1.82, 2.24) is 9.88 Å². The first-order chi connectivity index (χ1) is 15.4. The lowest BCUT2D eigenvalue weighted by Crippen LogP contribution is -2.28. The Morgan fingerprint density at radius 2 is 1.81 bits per heavy atom. The Labute approximate surface area is 183 Å². The molecule has 2 aromatic carbocycles. The fourth-order valence-corrected chi connectivity index (χ4v) is 3.79. The number of halogens is 1. The lowest BCUT2D eigenvalue weighted by Gasteiger charge is -2.25. The van der Waals surface area contributed by atoms with Gasteiger partial charge in [0.15, 0.2) is 0 Å². The molecule has 0 aliphatic carbocycles. The van der Waals surface area contributed by atoms with Crippen molar-refractivity contribution in [2.24, 2.45) is 0 Å². The van der Waals surface area contributed by atoms with Crippen LogP contribution in [0.5, 0.6) is 0 Å². The number of aromatic carboxylic acids is 1. The van der Waals surface area contributed by atoms with Crippen molar-refractivity contribution in [2.75, 3.05) is 5.32 Å². The smallest absolute Gasteiger partial charge is 0.337 e. The third kappa shape index (κ3) is 4.49. The van der Waals surface area contributed by atoms with E-state index in [0.717, 1.165) is 11.1 Å². The second-order valence-corrected chi connectivity index (χ2v) is 7.49. The summed E-state index contributed by atoms with van der Waals surface area (Å²) in [5.74, 6) is -1.60. The van der Waals surface area contributed by atoms with Crippen LogP contribution in [0.4, 0.5) is 10.2 Å². The highest BCUT2D eigenvalue weighted by atomic mass is 19.1.